The van der Waals surface area contributed by atoms with Crippen molar-refractivity contribution >= 4 is 46.4 Å². The molecule has 10 atom stereocenters. The molecule has 1 fully saturated rings. The number of hydrogen-bond acceptors (Lipinski definition) is 10. The smallest absolute Gasteiger partial charge is 0.329 e. The van der Waals surface area contributed by atoms with E-state index in [0.29, 0.717) is 55.7 Å². The highest BCUT2D eigenvalue weighted by Gasteiger charge is 2.43. The molecule has 0 aromatic heterocycles. The van der Waals surface area contributed by atoms with Gasteiger partial charge in [-0.15, -0.1) is 11.8 Å². The van der Waals surface area contributed by atoms with Gasteiger partial charge in [-0.1, -0.05) is 73.1 Å². The van der Waals surface area contributed by atoms with Crippen molar-refractivity contribution in [1.82, 2.24) is 20.4 Å². The van der Waals surface area contributed by atoms with Gasteiger partial charge in [0.1, 0.15) is 36.0 Å². The molecule has 0 aliphatic carbocycles. The zero-order valence-corrected chi connectivity index (χ0v) is 37.2. The summed E-state index contributed by atoms with van der Waals surface area (Å²) in [5.74, 6) is -1.57. The number of thioether (sulfide) groups is 1. The van der Waals surface area contributed by atoms with Crippen LogP contribution in [0.3, 0.4) is 0 Å². The summed E-state index contributed by atoms with van der Waals surface area (Å²) in [7, 11) is 3.07. The van der Waals surface area contributed by atoms with Gasteiger partial charge >= 0.3 is 5.97 Å². The highest BCUT2D eigenvalue weighted by atomic mass is 32.2. The highest BCUT2D eigenvalue weighted by molar-refractivity contribution is 8.14. The second-order valence-corrected chi connectivity index (χ2v) is 18.7. The fourth-order valence-corrected chi connectivity index (χ4v) is 8.78. The largest absolute Gasteiger partial charge is 0.497 e. The lowest BCUT2D eigenvalue weighted by Crippen LogP contribution is -2.59. The molecule has 1 unspecified atom stereocenters. The molecule has 0 radical (unpaired) electrons. The fourth-order valence-electron chi connectivity index (χ4n) is 7.64. The van der Waals surface area contributed by atoms with Crippen LogP contribution in [0.15, 0.2) is 40.9 Å². The number of cyclic esters (lactones) is 1. The van der Waals surface area contributed by atoms with E-state index in [4.69, 9.17) is 14.5 Å². The number of methoxy groups -OCH3 is 1. The van der Waals surface area contributed by atoms with Gasteiger partial charge < -0.3 is 35.0 Å². The van der Waals surface area contributed by atoms with Crippen molar-refractivity contribution in [2.24, 2.45) is 28.2 Å². The zero-order chi connectivity index (χ0) is 43.1. The van der Waals surface area contributed by atoms with Gasteiger partial charge in [0.2, 0.25) is 23.6 Å². The van der Waals surface area contributed by atoms with Crippen LogP contribution in [0.25, 0.3) is 0 Å². The molecule has 3 aliphatic heterocycles. The number of carbonyl (C=O) groups is 5. The Labute approximate surface area is 349 Å². The number of aliphatic imine (C=N–C) groups is 1. The van der Waals surface area contributed by atoms with E-state index in [1.807, 2.05) is 60.6 Å². The minimum Gasteiger partial charge on any atom is -0.497 e. The first-order valence-electron chi connectivity index (χ1n) is 20.8. The lowest BCUT2D eigenvalue weighted by molar-refractivity contribution is -0.165. The number of aliphatic hydroxyl groups is 1. The van der Waals surface area contributed by atoms with Gasteiger partial charge in [0.15, 0.2) is 0 Å². The van der Waals surface area contributed by atoms with Gasteiger partial charge in [-0.2, -0.15) is 0 Å². The summed E-state index contributed by atoms with van der Waals surface area (Å²) in [6, 6.07) is 3.10. The molecule has 3 aliphatic rings. The number of nitrogens with zero attached hydrogens (tertiary/aromatic N) is 3. The van der Waals surface area contributed by atoms with Crippen LogP contribution in [0.5, 0.6) is 5.75 Å². The van der Waals surface area contributed by atoms with E-state index < -0.39 is 65.5 Å². The van der Waals surface area contributed by atoms with Gasteiger partial charge in [-0.25, -0.2) is 4.79 Å². The minimum atomic E-state index is -1.03. The minimum absolute atomic E-state index is 0.00223. The van der Waals surface area contributed by atoms with E-state index in [1.54, 1.807) is 55.8 Å². The van der Waals surface area contributed by atoms with Crippen LogP contribution in [0.1, 0.15) is 100.0 Å². The van der Waals surface area contributed by atoms with Crippen molar-refractivity contribution in [3.8, 4) is 5.75 Å². The summed E-state index contributed by atoms with van der Waals surface area (Å²) in [6.45, 7) is 17.5. The molecule has 58 heavy (non-hydrogen) atoms. The van der Waals surface area contributed by atoms with Gasteiger partial charge in [0, 0.05) is 37.3 Å². The van der Waals surface area contributed by atoms with Crippen LogP contribution < -0.4 is 15.4 Å². The Hall–Kier alpha value is -3.91. The van der Waals surface area contributed by atoms with Crippen LogP contribution in [0.2, 0.25) is 0 Å². The van der Waals surface area contributed by atoms with E-state index in [9.17, 15) is 29.1 Å². The number of aliphatic hydroxyl groups excluding tert-OH is 1. The normalized spacial score (nSPS) is 31.8. The molecule has 3 N–H and O–H groups in total. The molecule has 4 rings (SSSR count). The number of hydrogen-bond donors (Lipinski definition) is 3. The third-order valence-corrected chi connectivity index (χ3v) is 13.3. The fraction of sp³-hybridized carbons (Fsp3) is 0.682. The standard InChI is InChI=1S/C44H67N5O8S/c1-12-26(3)37-42(54)49-19-13-14-34(49)43(55)57-36(44(7,8)9)21-25(2)20-35(50)28(5)40-45-31(24-58-40)22-27(4)38(51)46-33(23-30-15-17-32(56-11)18-16-30)41(53)48(10)29(6)39(52)47-37/h15-18,22,25-26,28-29,31,33-37,50H,12-14,19-21,23-24H2,1-11H3,(H,46,51)(H,47,52)/b27-22+/t25-,26?,28-,29-,31-,33-,34-,35-,36-,37-/m0/s1. The van der Waals surface area contributed by atoms with E-state index in [-0.39, 0.29) is 36.1 Å². The molecule has 4 amide bonds. The van der Waals surface area contributed by atoms with Crippen molar-refractivity contribution in [2.75, 3.05) is 26.5 Å². The van der Waals surface area contributed by atoms with E-state index >= 15 is 0 Å². The molecule has 13 nitrogen and oxygen atoms in total. The Balaban J connectivity index is 1.71. The van der Waals surface area contributed by atoms with Crippen molar-refractivity contribution < 1.29 is 38.6 Å². The molecule has 0 saturated carbocycles. The third-order valence-electron chi connectivity index (χ3n) is 12.0. The van der Waals surface area contributed by atoms with Crippen molar-refractivity contribution in [3.05, 3.63) is 41.5 Å². The van der Waals surface area contributed by atoms with E-state index in [2.05, 4.69) is 10.6 Å². The molecule has 1 aromatic rings. The molecule has 1 saturated heterocycles. The number of esters is 1. The number of likely N-dealkylation sites (N-methyl/N-ethyl adjacent to an activating group) is 1. The summed E-state index contributed by atoms with van der Waals surface area (Å²) in [4.78, 5) is 78.0. The Morgan fingerprint density at radius 1 is 1.03 bits per heavy atom. The Morgan fingerprint density at radius 3 is 2.33 bits per heavy atom. The average Bonchev–Trinajstić information content (AvgIpc) is 3.87. The number of amides is 4. The molecule has 322 valence electrons. The van der Waals surface area contributed by atoms with Crippen molar-refractivity contribution in [3.63, 3.8) is 0 Å². The first kappa shape index (κ1) is 46.8. The number of rotatable bonds is 5. The van der Waals surface area contributed by atoms with Crippen LogP contribution in [-0.2, 0) is 35.1 Å². The molecule has 1 aromatic carbocycles. The Morgan fingerprint density at radius 2 is 1.71 bits per heavy atom. The number of nitrogens with one attached hydrogen (secondary N) is 2. The van der Waals surface area contributed by atoms with Gasteiger partial charge in [0.05, 0.1) is 24.3 Å². The summed E-state index contributed by atoms with van der Waals surface area (Å²) < 4.78 is 11.6. The molecular weight excluding hydrogens is 759 g/mol. The SMILES string of the molecule is CCC(C)[C@@H]1NC(=O)[C@H](C)N(C)C(=O)[C@H](Cc2ccc(OC)cc2)NC(=O)/C(C)=C/[C@H]2CSC(=N2)[C@@H](C)[C@@H](O)C[C@H](C)C[C@@H](C(C)(C)C)OC(=O)[C@@H]2CCCN2C1=O. The molecular formula is C44H67N5O8S. The second kappa shape index (κ2) is 20.4. The summed E-state index contributed by atoms with van der Waals surface area (Å²) in [6.07, 6.45) is 3.38. The lowest BCUT2D eigenvalue weighted by atomic mass is 9.81. The predicted octanol–water partition coefficient (Wildman–Crippen LogP) is 4.94. The lowest BCUT2D eigenvalue weighted by Gasteiger charge is -2.36. The van der Waals surface area contributed by atoms with Crippen LogP contribution in [-0.4, -0.2) is 118 Å². The number of fused-ring (bicyclic) bond motifs is 2. The van der Waals surface area contributed by atoms with Crippen LogP contribution >= 0.6 is 11.8 Å². The maximum Gasteiger partial charge on any atom is 0.329 e. The zero-order valence-electron chi connectivity index (χ0n) is 36.4. The maximum atomic E-state index is 14.3. The highest BCUT2D eigenvalue weighted by Crippen LogP contribution is 2.34. The van der Waals surface area contributed by atoms with Crippen LogP contribution in [0, 0.1) is 23.2 Å². The number of ether oxygens (including phenoxy) is 2. The second-order valence-electron chi connectivity index (χ2n) is 17.7. The predicted molar refractivity (Wildman–Crippen MR) is 227 cm³/mol. The molecule has 0 spiro atoms. The first-order valence-corrected chi connectivity index (χ1v) is 21.8. The maximum absolute atomic E-state index is 14.3. The van der Waals surface area contributed by atoms with Gasteiger partial charge in [-0.05, 0) is 74.5 Å². The molecule has 3 heterocycles. The quantitative estimate of drug-likeness (QED) is 0.349. The molecule has 2 bridgehead atoms. The summed E-state index contributed by atoms with van der Waals surface area (Å²) in [5, 5.41) is 18.1. The average molecular weight is 826 g/mol. The van der Waals surface area contributed by atoms with Crippen molar-refractivity contribution in [1.29, 1.82) is 0 Å². The number of benzene rings is 1. The first-order chi connectivity index (χ1) is 27.2. The van der Waals surface area contributed by atoms with E-state index in [1.165, 1.54) is 11.9 Å². The topological polar surface area (TPSA) is 167 Å². The number of carbonyl (C=O) groups excluding carboxylic acids is 5. The van der Waals surface area contributed by atoms with Gasteiger partial charge in [0.25, 0.3) is 0 Å². The van der Waals surface area contributed by atoms with Crippen LogP contribution in [0.4, 0.5) is 0 Å². The van der Waals surface area contributed by atoms with E-state index in [0.717, 1.165) is 10.6 Å². The summed E-state index contributed by atoms with van der Waals surface area (Å²) >= 11 is 1.56. The monoisotopic (exact) mass is 825 g/mol. The molecule has 14 heteroatoms. The summed E-state index contributed by atoms with van der Waals surface area (Å²) in [5.41, 5.74) is 0.753. The Bertz CT molecular complexity index is 1690. The van der Waals surface area contributed by atoms with Gasteiger partial charge in [-0.3, -0.25) is 24.2 Å². The Kier molecular flexibility index (Phi) is 16.4. The third kappa shape index (κ3) is 11.9. The van der Waals surface area contributed by atoms with Crippen molar-refractivity contribution in [2.45, 2.75) is 143 Å².